The van der Waals surface area contributed by atoms with Crippen LogP contribution in [0, 0.1) is 5.41 Å². The number of hydrogen-bond acceptors (Lipinski definition) is 2. The van der Waals surface area contributed by atoms with Gasteiger partial charge < -0.3 is 11.1 Å². The van der Waals surface area contributed by atoms with Crippen molar-refractivity contribution in [3.05, 3.63) is 0 Å². The van der Waals surface area contributed by atoms with E-state index in [2.05, 4.69) is 12.2 Å². The van der Waals surface area contributed by atoms with E-state index in [1.165, 1.54) is 13.8 Å². The van der Waals surface area contributed by atoms with Gasteiger partial charge in [-0.2, -0.15) is 8.78 Å². The number of halogens is 4. The summed E-state index contributed by atoms with van der Waals surface area (Å²) in [7, 11) is 0. The fraction of sp³-hybridized carbons (Fsp3) is 0.750. The van der Waals surface area contributed by atoms with Crippen LogP contribution in [0.1, 0.15) is 13.8 Å². The molecule has 0 atom stereocenters. The Labute approximate surface area is 95.4 Å². The largest absolute Gasteiger partial charge is 0.392 e. The van der Waals surface area contributed by atoms with E-state index in [-0.39, 0.29) is 4.99 Å². The van der Waals surface area contributed by atoms with Gasteiger partial charge in [0.1, 0.15) is 0 Å². The van der Waals surface area contributed by atoms with Crippen molar-refractivity contribution in [2.24, 2.45) is 11.1 Å². The van der Waals surface area contributed by atoms with Gasteiger partial charge in [-0.15, -0.1) is 0 Å². The van der Waals surface area contributed by atoms with Crippen LogP contribution in [0.3, 0.4) is 0 Å². The zero-order valence-corrected chi connectivity index (χ0v) is 9.51. The number of carbonyl (C=O) groups is 1. The van der Waals surface area contributed by atoms with Crippen molar-refractivity contribution in [3.63, 3.8) is 0 Å². The first-order valence-corrected chi connectivity index (χ1v) is 4.67. The second-order valence-electron chi connectivity index (χ2n) is 3.73. The summed E-state index contributed by atoms with van der Waals surface area (Å²) in [6.45, 7) is 1.17. The van der Waals surface area contributed by atoms with Gasteiger partial charge in [0.15, 0.2) is 0 Å². The Hall–Kier alpha value is -0.920. The van der Waals surface area contributed by atoms with Gasteiger partial charge in [-0.1, -0.05) is 12.2 Å². The highest BCUT2D eigenvalue weighted by Crippen LogP contribution is 2.22. The number of hydrogen-bond donors (Lipinski definition) is 2. The summed E-state index contributed by atoms with van der Waals surface area (Å²) in [5, 5.41) is 1.69. The minimum atomic E-state index is -4.26. The number of nitrogens with one attached hydrogen (secondary N) is 1. The number of alkyl halides is 4. The second kappa shape index (κ2) is 4.94. The van der Waals surface area contributed by atoms with Crippen LogP contribution < -0.4 is 11.1 Å². The lowest BCUT2D eigenvalue weighted by molar-refractivity contribution is -0.139. The summed E-state index contributed by atoms with van der Waals surface area (Å²) in [5.74, 6) is -5.18. The van der Waals surface area contributed by atoms with Crippen molar-refractivity contribution in [1.29, 1.82) is 0 Å². The molecule has 0 radical (unpaired) electrons. The van der Waals surface area contributed by atoms with Crippen molar-refractivity contribution in [2.75, 3.05) is 6.54 Å². The van der Waals surface area contributed by atoms with Crippen LogP contribution in [-0.2, 0) is 4.79 Å². The normalized spacial score (nSPS) is 12.7. The second-order valence-corrected chi connectivity index (χ2v) is 4.17. The number of rotatable bonds is 5. The molecule has 0 saturated carbocycles. The minimum Gasteiger partial charge on any atom is -0.392 e. The third-order valence-corrected chi connectivity index (χ3v) is 2.50. The van der Waals surface area contributed by atoms with Gasteiger partial charge in [0.05, 0.1) is 16.9 Å². The maximum absolute atomic E-state index is 12.5. The molecule has 0 aliphatic carbocycles. The highest BCUT2D eigenvalue weighted by Gasteiger charge is 2.42. The van der Waals surface area contributed by atoms with Crippen LogP contribution in [0.4, 0.5) is 17.6 Å². The van der Waals surface area contributed by atoms with Gasteiger partial charge in [-0.05, 0) is 13.8 Å². The Morgan fingerprint density at radius 2 is 1.88 bits per heavy atom. The highest BCUT2D eigenvalue weighted by atomic mass is 32.1. The fourth-order valence-electron chi connectivity index (χ4n) is 0.608. The monoisotopic (exact) mass is 260 g/mol. The summed E-state index contributed by atoms with van der Waals surface area (Å²) in [6, 6.07) is 0. The lowest BCUT2D eigenvalue weighted by Crippen LogP contribution is -2.49. The molecule has 8 heteroatoms. The van der Waals surface area contributed by atoms with E-state index in [1.54, 1.807) is 5.32 Å². The summed E-state index contributed by atoms with van der Waals surface area (Å²) in [6.07, 6.45) is -3.83. The van der Waals surface area contributed by atoms with Gasteiger partial charge in [-0.3, -0.25) is 4.79 Å². The SMILES string of the molecule is CC(C)(C(=O)NCC(F)(F)C(F)F)C(N)=S. The Morgan fingerprint density at radius 3 is 2.19 bits per heavy atom. The molecule has 0 aliphatic rings. The van der Waals surface area contributed by atoms with Crippen LogP contribution in [-0.4, -0.2) is 29.8 Å². The molecule has 3 N–H and O–H groups in total. The number of carbonyl (C=O) groups excluding carboxylic acids is 1. The maximum Gasteiger partial charge on any atom is 0.324 e. The lowest BCUT2D eigenvalue weighted by Gasteiger charge is -2.23. The zero-order chi connectivity index (χ0) is 13.1. The van der Waals surface area contributed by atoms with E-state index in [4.69, 9.17) is 5.73 Å². The summed E-state index contributed by atoms with van der Waals surface area (Å²) < 4.78 is 48.5. The quantitative estimate of drug-likeness (QED) is 0.579. The van der Waals surface area contributed by atoms with Crippen molar-refractivity contribution >= 4 is 23.1 Å². The van der Waals surface area contributed by atoms with Crippen LogP contribution in [0.15, 0.2) is 0 Å². The molecule has 16 heavy (non-hydrogen) atoms. The van der Waals surface area contributed by atoms with E-state index in [9.17, 15) is 22.4 Å². The van der Waals surface area contributed by atoms with E-state index in [0.717, 1.165) is 0 Å². The molecule has 0 saturated heterocycles. The fourth-order valence-corrected chi connectivity index (χ4v) is 0.701. The van der Waals surface area contributed by atoms with Crippen molar-refractivity contribution in [1.82, 2.24) is 5.32 Å². The highest BCUT2D eigenvalue weighted by molar-refractivity contribution is 7.80. The van der Waals surface area contributed by atoms with Crippen molar-refractivity contribution < 1.29 is 22.4 Å². The molecule has 3 nitrogen and oxygen atoms in total. The van der Waals surface area contributed by atoms with Crippen LogP contribution in [0.2, 0.25) is 0 Å². The summed E-state index contributed by atoms with van der Waals surface area (Å²) in [4.78, 5) is 11.1. The number of nitrogens with two attached hydrogens (primary N) is 1. The smallest absolute Gasteiger partial charge is 0.324 e. The third kappa shape index (κ3) is 3.58. The molecule has 0 spiro atoms. The Bertz CT molecular complexity index is 294. The molecule has 0 heterocycles. The van der Waals surface area contributed by atoms with Gasteiger partial charge in [0, 0.05) is 0 Å². The molecular formula is C8H12F4N2OS. The molecular weight excluding hydrogens is 248 g/mol. The molecule has 0 unspecified atom stereocenters. The van der Waals surface area contributed by atoms with E-state index >= 15 is 0 Å². The third-order valence-electron chi connectivity index (χ3n) is 1.99. The van der Waals surface area contributed by atoms with Gasteiger partial charge >= 0.3 is 12.3 Å². The van der Waals surface area contributed by atoms with Crippen LogP contribution in [0.5, 0.6) is 0 Å². The number of amides is 1. The average molecular weight is 260 g/mol. The van der Waals surface area contributed by atoms with E-state index in [0.29, 0.717) is 0 Å². The maximum atomic E-state index is 12.5. The first kappa shape index (κ1) is 15.1. The molecule has 0 rings (SSSR count). The number of thiocarbonyl (C=S) groups is 1. The Morgan fingerprint density at radius 1 is 1.44 bits per heavy atom. The predicted octanol–water partition coefficient (Wildman–Crippen LogP) is 1.32. The molecule has 0 bridgehead atoms. The molecule has 0 aromatic carbocycles. The van der Waals surface area contributed by atoms with Crippen LogP contribution in [0.25, 0.3) is 0 Å². The van der Waals surface area contributed by atoms with Gasteiger partial charge in [0.2, 0.25) is 5.91 Å². The topological polar surface area (TPSA) is 55.1 Å². The molecule has 0 fully saturated rings. The van der Waals surface area contributed by atoms with Gasteiger partial charge in [0.25, 0.3) is 0 Å². The van der Waals surface area contributed by atoms with Gasteiger partial charge in [-0.25, -0.2) is 8.78 Å². The summed E-state index contributed by atoms with van der Waals surface area (Å²) in [5.41, 5.74) is 3.85. The van der Waals surface area contributed by atoms with E-state index < -0.39 is 30.2 Å². The van der Waals surface area contributed by atoms with E-state index in [1.807, 2.05) is 0 Å². The van der Waals surface area contributed by atoms with Crippen molar-refractivity contribution in [2.45, 2.75) is 26.2 Å². The van der Waals surface area contributed by atoms with Crippen LogP contribution >= 0.6 is 12.2 Å². The molecule has 0 aromatic heterocycles. The first-order valence-electron chi connectivity index (χ1n) is 4.26. The standard InChI is InChI=1S/C8H12F4N2OS/c1-7(2,5(13)16)6(15)14-3-8(11,12)4(9)10/h4H,3H2,1-2H3,(H2,13,16)(H,14,15). The predicted molar refractivity (Wildman–Crippen MR) is 54.5 cm³/mol. The zero-order valence-electron chi connectivity index (χ0n) is 8.69. The van der Waals surface area contributed by atoms with Crippen molar-refractivity contribution in [3.8, 4) is 0 Å². The molecule has 0 aliphatic heterocycles. The minimum absolute atomic E-state index is 0.203. The lowest BCUT2D eigenvalue weighted by atomic mass is 9.92. The summed E-state index contributed by atoms with van der Waals surface area (Å²) >= 11 is 4.55. The molecule has 0 aromatic rings. The Balaban J connectivity index is 4.45. The molecule has 94 valence electrons. The first-order chi connectivity index (χ1) is 7.01. The molecule has 1 amide bonds. The average Bonchev–Trinajstić information content (AvgIpc) is 2.13. The Kier molecular flexibility index (Phi) is 4.66.